The van der Waals surface area contributed by atoms with Crippen molar-refractivity contribution in [2.45, 2.75) is 33.1 Å². The number of amides is 2. The highest BCUT2D eigenvalue weighted by Gasteiger charge is 2.21. The summed E-state index contributed by atoms with van der Waals surface area (Å²) >= 11 is 0. The number of likely N-dealkylation sites (tertiary alicyclic amines) is 1. The van der Waals surface area contributed by atoms with E-state index >= 15 is 0 Å². The molecule has 0 spiro atoms. The van der Waals surface area contributed by atoms with Gasteiger partial charge in [0.1, 0.15) is 0 Å². The predicted octanol–water partition coefficient (Wildman–Crippen LogP) is 1.54. The summed E-state index contributed by atoms with van der Waals surface area (Å²) in [7, 11) is 0. The minimum atomic E-state index is -0.821. The average molecular weight is 242 g/mol. The average Bonchev–Trinajstić information content (AvgIpc) is 2.25. The van der Waals surface area contributed by atoms with Gasteiger partial charge in [-0.2, -0.15) is 0 Å². The summed E-state index contributed by atoms with van der Waals surface area (Å²) in [5.41, 5.74) is 0. The fourth-order valence-electron chi connectivity index (χ4n) is 2.12. The first-order chi connectivity index (χ1) is 7.99. The molecule has 5 heteroatoms. The molecule has 1 fully saturated rings. The number of piperidine rings is 1. The summed E-state index contributed by atoms with van der Waals surface area (Å²) in [6.07, 6.45) is 2.33. The SMILES string of the molecule is CC(CNC(=O)N1CCCC(C)C1)CC(=O)O. The van der Waals surface area contributed by atoms with Crippen molar-refractivity contribution in [3.63, 3.8) is 0 Å². The molecule has 0 saturated carbocycles. The van der Waals surface area contributed by atoms with Gasteiger partial charge in [-0.25, -0.2) is 4.79 Å². The molecule has 0 bridgehead atoms. The third-order valence-corrected chi connectivity index (χ3v) is 3.07. The van der Waals surface area contributed by atoms with Crippen molar-refractivity contribution in [2.75, 3.05) is 19.6 Å². The molecule has 17 heavy (non-hydrogen) atoms. The standard InChI is InChI=1S/C12H22N2O3/c1-9-4-3-5-14(8-9)12(17)13-7-10(2)6-11(15)16/h9-10H,3-8H2,1-2H3,(H,13,17)(H,15,16). The monoisotopic (exact) mass is 242 g/mol. The molecule has 0 radical (unpaired) electrons. The molecule has 5 nitrogen and oxygen atoms in total. The molecule has 0 aromatic rings. The highest BCUT2D eigenvalue weighted by Crippen LogP contribution is 2.15. The van der Waals surface area contributed by atoms with Gasteiger partial charge in [-0.1, -0.05) is 13.8 Å². The molecule has 1 aliphatic heterocycles. The number of hydrogen-bond donors (Lipinski definition) is 2. The first-order valence-electron chi connectivity index (χ1n) is 6.23. The number of nitrogens with zero attached hydrogens (tertiary/aromatic N) is 1. The van der Waals surface area contributed by atoms with E-state index in [4.69, 9.17) is 5.11 Å². The van der Waals surface area contributed by atoms with Crippen LogP contribution in [0.1, 0.15) is 33.1 Å². The Labute approximate surface area is 102 Å². The molecule has 1 aliphatic rings. The lowest BCUT2D eigenvalue weighted by Gasteiger charge is -2.31. The van der Waals surface area contributed by atoms with Crippen molar-refractivity contribution >= 4 is 12.0 Å². The van der Waals surface area contributed by atoms with E-state index < -0.39 is 5.97 Å². The molecule has 1 saturated heterocycles. The molecule has 1 heterocycles. The highest BCUT2D eigenvalue weighted by atomic mass is 16.4. The Balaban J connectivity index is 2.26. The van der Waals surface area contributed by atoms with Crippen molar-refractivity contribution in [3.05, 3.63) is 0 Å². The molecule has 2 unspecified atom stereocenters. The van der Waals surface area contributed by atoms with Gasteiger partial charge in [0.15, 0.2) is 0 Å². The van der Waals surface area contributed by atoms with Crippen LogP contribution in [0.25, 0.3) is 0 Å². The number of hydrogen-bond acceptors (Lipinski definition) is 2. The molecule has 98 valence electrons. The number of carbonyl (C=O) groups is 2. The van der Waals surface area contributed by atoms with E-state index in [2.05, 4.69) is 12.2 Å². The van der Waals surface area contributed by atoms with Crippen molar-refractivity contribution in [2.24, 2.45) is 11.8 Å². The Morgan fingerprint density at radius 1 is 1.53 bits per heavy atom. The first-order valence-corrected chi connectivity index (χ1v) is 6.23. The lowest BCUT2D eigenvalue weighted by atomic mass is 10.0. The van der Waals surface area contributed by atoms with E-state index in [1.807, 2.05) is 11.8 Å². The van der Waals surface area contributed by atoms with Gasteiger partial charge in [-0.15, -0.1) is 0 Å². The fraction of sp³-hybridized carbons (Fsp3) is 0.833. The molecule has 1 rings (SSSR count). The van der Waals surface area contributed by atoms with Gasteiger partial charge in [-0.3, -0.25) is 4.79 Å². The quantitative estimate of drug-likeness (QED) is 0.785. The Bertz CT molecular complexity index is 281. The van der Waals surface area contributed by atoms with Gasteiger partial charge < -0.3 is 15.3 Å². The second-order valence-corrected chi connectivity index (χ2v) is 5.08. The molecule has 0 aliphatic carbocycles. The van der Waals surface area contributed by atoms with Crippen LogP contribution in [-0.2, 0) is 4.79 Å². The number of aliphatic carboxylic acids is 1. The lowest BCUT2D eigenvalue weighted by Crippen LogP contribution is -2.46. The first kappa shape index (κ1) is 13.8. The smallest absolute Gasteiger partial charge is 0.317 e. The summed E-state index contributed by atoms with van der Waals surface area (Å²) in [4.78, 5) is 24.1. The molecule has 2 atom stereocenters. The van der Waals surface area contributed by atoms with Gasteiger partial charge in [0.25, 0.3) is 0 Å². The van der Waals surface area contributed by atoms with Gasteiger partial charge in [0.2, 0.25) is 0 Å². The zero-order valence-electron chi connectivity index (χ0n) is 10.6. The number of nitrogens with one attached hydrogen (secondary N) is 1. The Morgan fingerprint density at radius 3 is 2.82 bits per heavy atom. The third kappa shape index (κ3) is 5.06. The van der Waals surface area contributed by atoms with Crippen LogP contribution in [0.3, 0.4) is 0 Å². The number of carboxylic acids is 1. The molecular formula is C12H22N2O3. The van der Waals surface area contributed by atoms with Gasteiger partial charge >= 0.3 is 12.0 Å². The number of rotatable bonds is 4. The fourth-order valence-corrected chi connectivity index (χ4v) is 2.12. The van der Waals surface area contributed by atoms with E-state index in [1.165, 1.54) is 6.42 Å². The summed E-state index contributed by atoms with van der Waals surface area (Å²) in [6.45, 7) is 6.01. The molecular weight excluding hydrogens is 220 g/mol. The summed E-state index contributed by atoms with van der Waals surface area (Å²) < 4.78 is 0. The van der Waals surface area contributed by atoms with Crippen molar-refractivity contribution in [1.29, 1.82) is 0 Å². The summed E-state index contributed by atoms with van der Waals surface area (Å²) in [6, 6.07) is -0.0613. The van der Waals surface area contributed by atoms with Crippen molar-refractivity contribution in [1.82, 2.24) is 10.2 Å². The normalized spacial score (nSPS) is 22.0. The van der Waals surface area contributed by atoms with Crippen LogP contribution in [-0.4, -0.2) is 41.6 Å². The maximum Gasteiger partial charge on any atom is 0.317 e. The van der Waals surface area contributed by atoms with Gasteiger partial charge in [0.05, 0.1) is 0 Å². The molecule has 2 N–H and O–H groups in total. The minimum absolute atomic E-state index is 0.0290. The maximum absolute atomic E-state index is 11.8. The van der Waals surface area contributed by atoms with Crippen LogP contribution in [0, 0.1) is 11.8 Å². The highest BCUT2D eigenvalue weighted by molar-refractivity contribution is 5.74. The minimum Gasteiger partial charge on any atom is -0.481 e. The van der Waals surface area contributed by atoms with Crippen LogP contribution >= 0.6 is 0 Å². The molecule has 0 aromatic heterocycles. The van der Waals surface area contributed by atoms with E-state index in [-0.39, 0.29) is 18.4 Å². The van der Waals surface area contributed by atoms with Gasteiger partial charge in [0, 0.05) is 26.1 Å². The van der Waals surface area contributed by atoms with E-state index in [0.29, 0.717) is 12.5 Å². The zero-order chi connectivity index (χ0) is 12.8. The van der Waals surface area contributed by atoms with Crippen molar-refractivity contribution < 1.29 is 14.7 Å². The second kappa shape index (κ2) is 6.47. The lowest BCUT2D eigenvalue weighted by molar-refractivity contribution is -0.137. The maximum atomic E-state index is 11.8. The van der Waals surface area contributed by atoms with Crippen LogP contribution in [0.5, 0.6) is 0 Å². The summed E-state index contributed by atoms with van der Waals surface area (Å²) in [5.74, 6) is -0.289. The number of urea groups is 1. The van der Waals surface area contributed by atoms with E-state index in [0.717, 1.165) is 19.5 Å². The van der Waals surface area contributed by atoms with Crippen LogP contribution in [0.4, 0.5) is 4.79 Å². The molecule has 0 aromatic carbocycles. The zero-order valence-corrected chi connectivity index (χ0v) is 10.6. The van der Waals surface area contributed by atoms with Crippen LogP contribution in [0.15, 0.2) is 0 Å². The number of carbonyl (C=O) groups excluding carboxylic acids is 1. The Kier molecular flexibility index (Phi) is 5.25. The molecule has 2 amide bonds. The van der Waals surface area contributed by atoms with E-state index in [9.17, 15) is 9.59 Å². The largest absolute Gasteiger partial charge is 0.481 e. The van der Waals surface area contributed by atoms with Crippen LogP contribution in [0.2, 0.25) is 0 Å². The third-order valence-electron chi connectivity index (χ3n) is 3.07. The summed E-state index contributed by atoms with van der Waals surface area (Å²) in [5, 5.41) is 11.4. The van der Waals surface area contributed by atoms with Crippen molar-refractivity contribution in [3.8, 4) is 0 Å². The topological polar surface area (TPSA) is 69.6 Å². The van der Waals surface area contributed by atoms with E-state index in [1.54, 1.807) is 0 Å². The Morgan fingerprint density at radius 2 is 2.24 bits per heavy atom. The second-order valence-electron chi connectivity index (χ2n) is 5.08. The predicted molar refractivity (Wildman–Crippen MR) is 64.8 cm³/mol. The van der Waals surface area contributed by atoms with Gasteiger partial charge in [-0.05, 0) is 24.7 Å². The number of carboxylic acid groups (broad SMARTS) is 1. The van der Waals surface area contributed by atoms with Crippen LogP contribution < -0.4 is 5.32 Å². The Hall–Kier alpha value is -1.26.